The summed E-state index contributed by atoms with van der Waals surface area (Å²) < 4.78 is 8.51. The van der Waals surface area contributed by atoms with E-state index < -0.39 is 0 Å². The number of fused-ring (bicyclic) bond motifs is 1. The summed E-state index contributed by atoms with van der Waals surface area (Å²) in [7, 11) is 1.66. The monoisotopic (exact) mass is 340 g/mol. The number of thiazole rings is 1. The number of carbonyl (C=O) groups excluding carboxylic acids is 1. The summed E-state index contributed by atoms with van der Waals surface area (Å²) in [6.45, 7) is 4.90. The van der Waals surface area contributed by atoms with Crippen molar-refractivity contribution in [1.29, 1.82) is 0 Å². The Balaban J connectivity index is 2.13. The number of rotatable bonds is 4. The van der Waals surface area contributed by atoms with Gasteiger partial charge in [-0.2, -0.15) is 4.99 Å². The fourth-order valence-electron chi connectivity index (χ4n) is 2.63. The minimum absolute atomic E-state index is 0.206. The van der Waals surface area contributed by atoms with Crippen LogP contribution >= 0.6 is 11.3 Å². The van der Waals surface area contributed by atoms with Crippen LogP contribution in [0, 0.1) is 6.92 Å². The minimum Gasteiger partial charge on any atom is -0.497 e. The van der Waals surface area contributed by atoms with E-state index in [4.69, 9.17) is 4.74 Å². The number of aromatic nitrogens is 1. The van der Waals surface area contributed by atoms with Crippen LogP contribution in [0.15, 0.2) is 47.5 Å². The molecule has 0 aliphatic rings. The largest absolute Gasteiger partial charge is 0.497 e. The van der Waals surface area contributed by atoms with E-state index in [9.17, 15) is 4.79 Å². The van der Waals surface area contributed by atoms with E-state index in [1.807, 2.05) is 43.3 Å². The Bertz CT molecular complexity index is 953. The molecular formula is C19H20N2O2S. The number of ether oxygens (including phenoxy) is 1. The third kappa shape index (κ3) is 3.26. The molecule has 24 heavy (non-hydrogen) atoms. The third-order valence-corrected chi connectivity index (χ3v) is 4.86. The number of benzene rings is 2. The van der Waals surface area contributed by atoms with E-state index in [1.165, 1.54) is 11.3 Å². The highest BCUT2D eigenvalue weighted by molar-refractivity contribution is 7.16. The van der Waals surface area contributed by atoms with Gasteiger partial charge in [0.1, 0.15) is 5.75 Å². The molecule has 0 N–H and O–H groups in total. The molecule has 0 unspecified atom stereocenters. The zero-order chi connectivity index (χ0) is 17.1. The summed E-state index contributed by atoms with van der Waals surface area (Å²) in [5.41, 5.74) is 2.73. The van der Waals surface area contributed by atoms with Crippen LogP contribution in [0.1, 0.15) is 29.3 Å². The molecule has 4 nitrogen and oxygen atoms in total. The number of nitrogens with zero attached hydrogens (tertiary/aromatic N) is 2. The highest BCUT2D eigenvalue weighted by Gasteiger charge is 2.10. The van der Waals surface area contributed by atoms with Gasteiger partial charge in [-0.1, -0.05) is 36.0 Å². The first-order valence-corrected chi connectivity index (χ1v) is 8.77. The van der Waals surface area contributed by atoms with Crippen molar-refractivity contribution >= 4 is 27.5 Å². The van der Waals surface area contributed by atoms with Gasteiger partial charge in [-0.15, -0.1) is 0 Å². The van der Waals surface area contributed by atoms with Crippen molar-refractivity contribution in [2.24, 2.45) is 4.99 Å². The van der Waals surface area contributed by atoms with Crippen molar-refractivity contribution in [3.05, 3.63) is 58.4 Å². The second-order valence-corrected chi connectivity index (χ2v) is 6.67. The summed E-state index contributed by atoms with van der Waals surface area (Å²) >= 11 is 1.53. The SMILES string of the molecule is CCCn1c(=NC(=O)c2cccc(C)c2)sc2ccc(OC)cc21. The Kier molecular flexibility index (Phi) is 4.81. The number of hydrogen-bond donors (Lipinski definition) is 0. The van der Waals surface area contributed by atoms with Gasteiger partial charge in [0, 0.05) is 18.2 Å². The molecule has 1 heterocycles. The molecular weight excluding hydrogens is 320 g/mol. The van der Waals surface area contributed by atoms with Gasteiger partial charge in [0.25, 0.3) is 5.91 Å². The average molecular weight is 340 g/mol. The van der Waals surface area contributed by atoms with Gasteiger partial charge in [-0.05, 0) is 37.6 Å². The predicted octanol–water partition coefficient (Wildman–Crippen LogP) is 4.17. The number of hydrogen-bond acceptors (Lipinski definition) is 3. The third-order valence-electron chi connectivity index (χ3n) is 3.80. The molecule has 0 saturated heterocycles. The maximum atomic E-state index is 12.5. The fraction of sp³-hybridized carbons (Fsp3) is 0.263. The molecule has 0 saturated carbocycles. The lowest BCUT2D eigenvalue weighted by Crippen LogP contribution is -2.16. The molecule has 0 aliphatic carbocycles. The summed E-state index contributed by atoms with van der Waals surface area (Å²) in [4.78, 5) is 17.6. The summed E-state index contributed by atoms with van der Waals surface area (Å²) in [6, 6.07) is 13.5. The van der Waals surface area contributed by atoms with E-state index >= 15 is 0 Å². The maximum Gasteiger partial charge on any atom is 0.279 e. The van der Waals surface area contributed by atoms with Crippen LogP contribution in [0.5, 0.6) is 5.75 Å². The van der Waals surface area contributed by atoms with Crippen molar-refractivity contribution in [2.45, 2.75) is 26.8 Å². The van der Waals surface area contributed by atoms with Gasteiger partial charge in [-0.3, -0.25) is 4.79 Å². The molecule has 0 radical (unpaired) electrons. The Morgan fingerprint density at radius 3 is 2.79 bits per heavy atom. The molecule has 0 spiro atoms. The van der Waals surface area contributed by atoms with Crippen LogP contribution in [-0.2, 0) is 6.54 Å². The van der Waals surface area contributed by atoms with E-state index in [0.717, 1.165) is 39.3 Å². The second kappa shape index (κ2) is 7.01. The van der Waals surface area contributed by atoms with Gasteiger partial charge >= 0.3 is 0 Å². The molecule has 3 aromatic rings. The molecule has 2 aromatic carbocycles. The highest BCUT2D eigenvalue weighted by atomic mass is 32.1. The summed E-state index contributed by atoms with van der Waals surface area (Å²) in [5.74, 6) is 0.601. The van der Waals surface area contributed by atoms with Crippen molar-refractivity contribution in [1.82, 2.24) is 4.57 Å². The van der Waals surface area contributed by atoms with E-state index in [2.05, 4.69) is 16.5 Å². The Hall–Kier alpha value is -2.40. The van der Waals surface area contributed by atoms with Crippen LogP contribution < -0.4 is 9.54 Å². The van der Waals surface area contributed by atoms with E-state index in [0.29, 0.717) is 5.56 Å². The molecule has 0 fully saturated rings. The summed E-state index contributed by atoms with van der Waals surface area (Å²) in [6.07, 6.45) is 0.967. The number of aryl methyl sites for hydroxylation is 2. The van der Waals surface area contributed by atoms with Gasteiger partial charge in [0.2, 0.25) is 0 Å². The lowest BCUT2D eigenvalue weighted by atomic mass is 10.1. The van der Waals surface area contributed by atoms with Crippen LogP contribution in [-0.4, -0.2) is 17.6 Å². The van der Waals surface area contributed by atoms with Crippen molar-refractivity contribution in [3.8, 4) is 5.75 Å². The smallest absolute Gasteiger partial charge is 0.279 e. The molecule has 1 amide bonds. The summed E-state index contributed by atoms with van der Waals surface area (Å²) in [5, 5.41) is 0. The zero-order valence-corrected chi connectivity index (χ0v) is 14.9. The molecule has 5 heteroatoms. The minimum atomic E-state index is -0.206. The zero-order valence-electron chi connectivity index (χ0n) is 14.1. The van der Waals surface area contributed by atoms with Crippen molar-refractivity contribution < 1.29 is 9.53 Å². The topological polar surface area (TPSA) is 43.6 Å². The number of carbonyl (C=O) groups is 1. The van der Waals surface area contributed by atoms with Gasteiger partial charge < -0.3 is 9.30 Å². The first-order valence-electron chi connectivity index (χ1n) is 7.95. The Morgan fingerprint density at radius 1 is 1.25 bits per heavy atom. The van der Waals surface area contributed by atoms with Gasteiger partial charge in [-0.25, -0.2) is 0 Å². The molecule has 124 valence electrons. The van der Waals surface area contributed by atoms with Gasteiger partial charge in [0.05, 0.1) is 17.3 Å². The first-order chi connectivity index (χ1) is 11.6. The molecule has 3 rings (SSSR count). The molecule has 0 atom stereocenters. The molecule has 1 aromatic heterocycles. The first kappa shape index (κ1) is 16.5. The molecule has 0 bridgehead atoms. The quantitative estimate of drug-likeness (QED) is 0.715. The average Bonchev–Trinajstić information content (AvgIpc) is 2.92. The second-order valence-electron chi connectivity index (χ2n) is 5.66. The molecule has 0 aliphatic heterocycles. The normalized spacial score (nSPS) is 11.9. The standard InChI is InChI=1S/C19H20N2O2S/c1-4-10-21-16-12-15(23-3)8-9-17(16)24-19(21)20-18(22)14-7-5-6-13(2)11-14/h5-9,11-12H,4,10H2,1-3H3. The van der Waals surface area contributed by atoms with E-state index in [-0.39, 0.29) is 5.91 Å². The van der Waals surface area contributed by atoms with Crippen LogP contribution in [0.3, 0.4) is 0 Å². The van der Waals surface area contributed by atoms with Crippen LogP contribution in [0.4, 0.5) is 0 Å². The Morgan fingerprint density at radius 2 is 2.08 bits per heavy atom. The van der Waals surface area contributed by atoms with Crippen LogP contribution in [0.2, 0.25) is 0 Å². The van der Waals surface area contributed by atoms with E-state index in [1.54, 1.807) is 13.2 Å². The lowest BCUT2D eigenvalue weighted by molar-refractivity contribution is 0.0997. The van der Waals surface area contributed by atoms with Crippen molar-refractivity contribution in [2.75, 3.05) is 7.11 Å². The van der Waals surface area contributed by atoms with Crippen molar-refractivity contribution in [3.63, 3.8) is 0 Å². The highest BCUT2D eigenvalue weighted by Crippen LogP contribution is 2.23. The van der Waals surface area contributed by atoms with Gasteiger partial charge in [0.15, 0.2) is 4.80 Å². The number of methoxy groups -OCH3 is 1. The van der Waals surface area contributed by atoms with Crippen LogP contribution in [0.25, 0.3) is 10.2 Å². The predicted molar refractivity (Wildman–Crippen MR) is 97.7 cm³/mol. The maximum absolute atomic E-state index is 12.5. The Labute approximate surface area is 145 Å². The number of amides is 1. The fourth-order valence-corrected chi connectivity index (χ4v) is 3.67. The lowest BCUT2D eigenvalue weighted by Gasteiger charge is -2.04.